The highest BCUT2D eigenvalue weighted by Gasteiger charge is 2.26. The van der Waals surface area contributed by atoms with E-state index in [1.54, 1.807) is 0 Å². The molecule has 0 heterocycles. The first kappa shape index (κ1) is 11.6. The van der Waals surface area contributed by atoms with Crippen molar-refractivity contribution < 1.29 is 0 Å². The van der Waals surface area contributed by atoms with Crippen molar-refractivity contribution in [3.63, 3.8) is 0 Å². The Morgan fingerprint density at radius 1 is 1.38 bits per heavy atom. The molecular weight excluding hydrogens is 222 g/mol. The monoisotopic (exact) mass is 239 g/mol. The van der Waals surface area contributed by atoms with E-state index in [2.05, 4.69) is 10.2 Å². The molecule has 1 aliphatic carbocycles. The molecule has 1 fully saturated rings. The van der Waals surface area contributed by atoms with Crippen LogP contribution in [0.5, 0.6) is 0 Å². The number of anilines is 2. The van der Waals surface area contributed by atoms with Crippen molar-refractivity contribution in [3.8, 4) is 0 Å². The topological polar surface area (TPSA) is 41.3 Å². The first-order valence-corrected chi connectivity index (χ1v) is 5.93. The van der Waals surface area contributed by atoms with Crippen LogP contribution in [0, 0.1) is 0 Å². The lowest BCUT2D eigenvalue weighted by atomic mass is 9.87. The molecule has 3 N–H and O–H groups in total. The average Bonchev–Trinajstić information content (AvgIpc) is 2.15. The minimum absolute atomic E-state index is 0.361. The number of nitrogens with zero attached hydrogens (tertiary/aromatic N) is 1. The third-order valence-electron chi connectivity index (χ3n) is 2.97. The summed E-state index contributed by atoms with van der Waals surface area (Å²) in [6, 6.07) is 6.77. The maximum atomic E-state index is 6.01. The molecule has 0 aromatic heterocycles. The van der Waals surface area contributed by atoms with Crippen LogP contribution in [0.25, 0.3) is 0 Å². The van der Waals surface area contributed by atoms with E-state index in [4.69, 9.17) is 17.3 Å². The first-order chi connectivity index (χ1) is 7.56. The van der Waals surface area contributed by atoms with Gasteiger partial charge in [-0.3, -0.25) is 0 Å². The van der Waals surface area contributed by atoms with Crippen LogP contribution in [0.3, 0.4) is 0 Å². The van der Waals surface area contributed by atoms with E-state index in [0.717, 1.165) is 29.2 Å². The van der Waals surface area contributed by atoms with Crippen LogP contribution in [0.2, 0.25) is 5.02 Å². The smallest absolute Gasteiger partial charge is 0.0597 e. The van der Waals surface area contributed by atoms with Gasteiger partial charge in [-0.25, -0.2) is 0 Å². The van der Waals surface area contributed by atoms with Crippen molar-refractivity contribution in [3.05, 3.63) is 23.2 Å². The van der Waals surface area contributed by atoms with E-state index in [9.17, 15) is 0 Å². The molecule has 16 heavy (non-hydrogen) atoms. The highest BCUT2D eigenvalue weighted by Crippen LogP contribution is 2.31. The Morgan fingerprint density at radius 3 is 2.62 bits per heavy atom. The van der Waals surface area contributed by atoms with Crippen molar-refractivity contribution >= 4 is 23.0 Å². The third kappa shape index (κ3) is 2.42. The van der Waals surface area contributed by atoms with Crippen LogP contribution >= 0.6 is 11.6 Å². The Balaban J connectivity index is 2.14. The van der Waals surface area contributed by atoms with Gasteiger partial charge in [0.05, 0.1) is 11.4 Å². The number of halogens is 1. The second kappa shape index (κ2) is 4.52. The summed E-state index contributed by atoms with van der Waals surface area (Å²) in [4.78, 5) is 2.08. The molecule has 0 aliphatic heterocycles. The lowest BCUT2D eigenvalue weighted by molar-refractivity contribution is 0.374. The Hall–Kier alpha value is -0.930. The number of nitrogens with two attached hydrogens (primary N) is 1. The summed E-state index contributed by atoms with van der Waals surface area (Å²) in [5.41, 5.74) is 8.02. The van der Waals surface area contributed by atoms with Crippen molar-refractivity contribution in [2.75, 3.05) is 24.3 Å². The van der Waals surface area contributed by atoms with Crippen LogP contribution in [-0.4, -0.2) is 26.2 Å². The predicted molar refractivity (Wildman–Crippen MR) is 70.4 cm³/mol. The van der Waals surface area contributed by atoms with Gasteiger partial charge < -0.3 is 16.0 Å². The van der Waals surface area contributed by atoms with E-state index in [1.807, 2.05) is 32.3 Å². The molecule has 0 unspecified atom stereocenters. The van der Waals surface area contributed by atoms with Crippen molar-refractivity contribution in [2.45, 2.75) is 24.9 Å². The Bertz CT molecular complexity index is 373. The number of nitrogens with one attached hydrogen (secondary N) is 1. The molecule has 1 aliphatic rings. The number of rotatable bonds is 3. The van der Waals surface area contributed by atoms with Crippen LogP contribution in [0.15, 0.2) is 18.2 Å². The highest BCUT2D eigenvalue weighted by molar-refractivity contribution is 6.31. The van der Waals surface area contributed by atoms with Gasteiger partial charge in [0.2, 0.25) is 0 Å². The summed E-state index contributed by atoms with van der Waals surface area (Å²) in [7, 11) is 4.06. The molecule has 0 atom stereocenters. The molecule has 0 amide bonds. The van der Waals surface area contributed by atoms with Crippen LogP contribution < -0.4 is 16.0 Å². The van der Waals surface area contributed by atoms with Crippen molar-refractivity contribution in [2.24, 2.45) is 5.73 Å². The maximum absolute atomic E-state index is 6.01. The van der Waals surface area contributed by atoms with E-state index in [0.29, 0.717) is 12.1 Å². The third-order valence-corrected chi connectivity index (χ3v) is 3.21. The van der Waals surface area contributed by atoms with Gasteiger partial charge in [0, 0.05) is 31.2 Å². The minimum Gasteiger partial charge on any atom is -0.380 e. The molecule has 4 heteroatoms. The average molecular weight is 240 g/mol. The number of benzene rings is 1. The molecule has 2 rings (SSSR count). The Labute approximate surface area is 102 Å². The van der Waals surface area contributed by atoms with E-state index >= 15 is 0 Å². The van der Waals surface area contributed by atoms with Gasteiger partial charge in [0.25, 0.3) is 0 Å². The van der Waals surface area contributed by atoms with Gasteiger partial charge in [0.1, 0.15) is 0 Å². The zero-order chi connectivity index (χ0) is 11.7. The van der Waals surface area contributed by atoms with Gasteiger partial charge in [-0.1, -0.05) is 11.6 Å². The van der Waals surface area contributed by atoms with Gasteiger partial charge >= 0.3 is 0 Å². The van der Waals surface area contributed by atoms with E-state index in [-0.39, 0.29) is 0 Å². The quantitative estimate of drug-likeness (QED) is 0.851. The first-order valence-electron chi connectivity index (χ1n) is 5.55. The summed E-state index contributed by atoms with van der Waals surface area (Å²) < 4.78 is 0. The second-order valence-corrected chi connectivity index (χ2v) is 5.07. The Morgan fingerprint density at radius 2 is 2.06 bits per heavy atom. The fourth-order valence-electron chi connectivity index (χ4n) is 2.01. The lowest BCUT2D eigenvalue weighted by Gasteiger charge is -2.35. The normalized spacial score (nSPS) is 23.8. The van der Waals surface area contributed by atoms with Gasteiger partial charge in [0.15, 0.2) is 0 Å². The molecule has 0 bridgehead atoms. The minimum atomic E-state index is 0.361. The van der Waals surface area contributed by atoms with E-state index in [1.165, 1.54) is 0 Å². The standard InChI is InChI=1S/C12H18ClN3/c1-16(2)12-4-3-8(13)5-11(12)15-10-6-9(14)7-10/h3-5,9-10,15H,6-7,14H2,1-2H3. The highest BCUT2D eigenvalue weighted by atomic mass is 35.5. The zero-order valence-electron chi connectivity index (χ0n) is 9.70. The van der Waals surface area contributed by atoms with Crippen LogP contribution in [0.1, 0.15) is 12.8 Å². The molecule has 0 saturated heterocycles. The number of hydrogen-bond donors (Lipinski definition) is 2. The van der Waals surface area contributed by atoms with Gasteiger partial charge in [-0.05, 0) is 31.0 Å². The molecule has 1 saturated carbocycles. The maximum Gasteiger partial charge on any atom is 0.0597 e. The van der Waals surface area contributed by atoms with E-state index < -0.39 is 0 Å². The molecule has 1 aromatic carbocycles. The van der Waals surface area contributed by atoms with Gasteiger partial charge in [-0.15, -0.1) is 0 Å². The van der Waals surface area contributed by atoms with Crippen molar-refractivity contribution in [1.82, 2.24) is 0 Å². The lowest BCUT2D eigenvalue weighted by Crippen LogP contribution is -2.44. The SMILES string of the molecule is CN(C)c1ccc(Cl)cc1NC1CC(N)C1. The fraction of sp³-hybridized carbons (Fsp3) is 0.500. The summed E-state index contributed by atoms with van der Waals surface area (Å²) in [5, 5.41) is 4.25. The summed E-state index contributed by atoms with van der Waals surface area (Å²) in [6.07, 6.45) is 2.08. The predicted octanol–water partition coefficient (Wildman–Crippen LogP) is 2.31. The summed E-state index contributed by atoms with van der Waals surface area (Å²) in [5.74, 6) is 0. The molecule has 1 aromatic rings. The number of hydrogen-bond acceptors (Lipinski definition) is 3. The fourth-order valence-corrected chi connectivity index (χ4v) is 2.19. The van der Waals surface area contributed by atoms with Crippen molar-refractivity contribution in [1.29, 1.82) is 0 Å². The molecule has 88 valence electrons. The molecule has 0 spiro atoms. The summed E-state index contributed by atoms with van der Waals surface area (Å²) >= 11 is 6.01. The van der Waals surface area contributed by atoms with Gasteiger partial charge in [-0.2, -0.15) is 0 Å². The molecule has 0 radical (unpaired) electrons. The molecule has 3 nitrogen and oxygen atoms in total. The second-order valence-electron chi connectivity index (χ2n) is 4.63. The zero-order valence-corrected chi connectivity index (χ0v) is 10.5. The molecular formula is C12H18ClN3. The van der Waals surface area contributed by atoms with Crippen LogP contribution in [0.4, 0.5) is 11.4 Å². The Kier molecular flexibility index (Phi) is 3.26. The largest absolute Gasteiger partial charge is 0.380 e. The summed E-state index contributed by atoms with van der Waals surface area (Å²) in [6.45, 7) is 0. The van der Waals surface area contributed by atoms with Crippen LogP contribution in [-0.2, 0) is 0 Å².